The van der Waals surface area contributed by atoms with Gasteiger partial charge in [-0.15, -0.1) is 24.0 Å². The van der Waals surface area contributed by atoms with E-state index < -0.39 is 0 Å². The van der Waals surface area contributed by atoms with Crippen molar-refractivity contribution in [2.24, 2.45) is 0 Å². The van der Waals surface area contributed by atoms with Crippen LogP contribution in [0.1, 0.15) is 5.69 Å². The van der Waals surface area contributed by atoms with Crippen molar-refractivity contribution in [3.63, 3.8) is 0 Å². The summed E-state index contributed by atoms with van der Waals surface area (Å²) in [5.41, 5.74) is 2.18. The summed E-state index contributed by atoms with van der Waals surface area (Å²) in [6, 6.07) is 8.01. The van der Waals surface area contributed by atoms with Gasteiger partial charge in [-0.1, -0.05) is 18.2 Å². The van der Waals surface area contributed by atoms with Crippen LogP contribution >= 0.6 is 24.0 Å². The molecule has 66 valence electrons. The molecule has 0 spiro atoms. The second kappa shape index (κ2) is 3.52. The van der Waals surface area contributed by atoms with Crippen molar-refractivity contribution in [3.8, 4) is 10.6 Å². The van der Waals surface area contributed by atoms with Gasteiger partial charge < -0.3 is 0 Å². The fourth-order valence-electron chi connectivity index (χ4n) is 1.13. The predicted octanol–water partition coefficient (Wildman–Crippen LogP) is 3.41. The van der Waals surface area contributed by atoms with Gasteiger partial charge >= 0.3 is 0 Å². The topological polar surface area (TPSA) is 12.9 Å². The Morgan fingerprint density at radius 1 is 1.31 bits per heavy atom. The van der Waals surface area contributed by atoms with Gasteiger partial charge in [-0.25, -0.2) is 4.98 Å². The van der Waals surface area contributed by atoms with Gasteiger partial charge in [-0.3, -0.25) is 0 Å². The van der Waals surface area contributed by atoms with Crippen LogP contribution < -0.4 is 0 Å². The number of aryl methyl sites for hydroxylation is 1. The molecule has 0 aliphatic rings. The second-order valence-electron chi connectivity index (χ2n) is 2.81. The number of aromatic nitrogens is 1. The summed E-state index contributed by atoms with van der Waals surface area (Å²) in [6.45, 7) is 2.00. The van der Waals surface area contributed by atoms with Crippen LogP contribution in [0.15, 0.2) is 34.5 Å². The van der Waals surface area contributed by atoms with E-state index in [-0.39, 0.29) is 0 Å². The molecular weight excluding hydrogens is 198 g/mol. The highest BCUT2D eigenvalue weighted by Crippen LogP contribution is 2.28. The summed E-state index contributed by atoms with van der Waals surface area (Å²) >= 11 is 6.04. The number of benzene rings is 1. The number of thiol groups is 1. The number of nitrogens with zero attached hydrogens (tertiary/aromatic N) is 1. The van der Waals surface area contributed by atoms with Crippen LogP contribution in [-0.2, 0) is 0 Å². The minimum atomic E-state index is 0.983. The Labute approximate surface area is 86.9 Å². The average molecular weight is 207 g/mol. The van der Waals surface area contributed by atoms with Gasteiger partial charge in [0.25, 0.3) is 0 Å². The molecule has 1 aromatic heterocycles. The Bertz CT molecular complexity index is 420. The highest BCUT2D eigenvalue weighted by molar-refractivity contribution is 7.80. The summed E-state index contributed by atoms with van der Waals surface area (Å²) in [5, 5.41) is 3.10. The third-order valence-corrected chi connectivity index (χ3v) is 3.14. The summed E-state index contributed by atoms with van der Waals surface area (Å²) in [5.74, 6) is 0. The lowest BCUT2D eigenvalue weighted by Gasteiger charge is -1.98. The number of hydrogen-bond acceptors (Lipinski definition) is 3. The Hall–Kier alpha value is -0.800. The summed E-state index contributed by atoms with van der Waals surface area (Å²) in [4.78, 5) is 5.39. The molecule has 0 saturated carbocycles. The van der Waals surface area contributed by atoms with E-state index in [9.17, 15) is 0 Å². The fraction of sp³-hybridized carbons (Fsp3) is 0.100. The molecule has 13 heavy (non-hydrogen) atoms. The smallest absolute Gasteiger partial charge is 0.124 e. The molecule has 0 aliphatic heterocycles. The van der Waals surface area contributed by atoms with E-state index in [1.807, 2.05) is 31.2 Å². The largest absolute Gasteiger partial charge is 0.241 e. The van der Waals surface area contributed by atoms with E-state index in [2.05, 4.69) is 23.0 Å². The number of thiazole rings is 1. The van der Waals surface area contributed by atoms with Crippen molar-refractivity contribution in [1.82, 2.24) is 4.98 Å². The quantitative estimate of drug-likeness (QED) is 0.707. The van der Waals surface area contributed by atoms with Crippen molar-refractivity contribution in [2.45, 2.75) is 11.8 Å². The maximum absolute atomic E-state index is 4.41. The average Bonchev–Trinajstić information content (AvgIpc) is 2.53. The molecular formula is C10H9NS2. The molecule has 1 nitrogen and oxygen atoms in total. The van der Waals surface area contributed by atoms with Crippen molar-refractivity contribution >= 4 is 24.0 Å². The van der Waals surface area contributed by atoms with Gasteiger partial charge in [0.2, 0.25) is 0 Å². The molecule has 0 amide bonds. The second-order valence-corrected chi connectivity index (χ2v) is 4.15. The van der Waals surface area contributed by atoms with Crippen LogP contribution in [0.2, 0.25) is 0 Å². The first-order valence-corrected chi connectivity index (χ1v) is 5.30. The van der Waals surface area contributed by atoms with Crippen molar-refractivity contribution in [1.29, 1.82) is 0 Å². The van der Waals surface area contributed by atoms with E-state index in [0.29, 0.717) is 0 Å². The Kier molecular flexibility index (Phi) is 2.38. The molecule has 0 saturated heterocycles. The van der Waals surface area contributed by atoms with Gasteiger partial charge in [0.15, 0.2) is 0 Å². The monoisotopic (exact) mass is 207 g/mol. The van der Waals surface area contributed by atoms with Gasteiger partial charge in [0.1, 0.15) is 5.01 Å². The van der Waals surface area contributed by atoms with Crippen molar-refractivity contribution in [3.05, 3.63) is 35.3 Å². The molecule has 0 radical (unpaired) electrons. The first-order chi connectivity index (χ1) is 6.27. The minimum absolute atomic E-state index is 0.983. The molecule has 3 heteroatoms. The van der Waals surface area contributed by atoms with E-state index in [1.54, 1.807) is 11.3 Å². The lowest BCUT2D eigenvalue weighted by molar-refractivity contribution is 1.26. The van der Waals surface area contributed by atoms with E-state index >= 15 is 0 Å². The number of hydrogen-bond donors (Lipinski definition) is 1. The van der Waals surface area contributed by atoms with Gasteiger partial charge in [-0.2, -0.15) is 0 Å². The Balaban J connectivity index is 2.52. The molecule has 0 atom stereocenters. The zero-order chi connectivity index (χ0) is 9.26. The van der Waals surface area contributed by atoms with Crippen molar-refractivity contribution in [2.75, 3.05) is 0 Å². The van der Waals surface area contributed by atoms with Gasteiger partial charge in [0.05, 0.1) is 0 Å². The van der Waals surface area contributed by atoms with Gasteiger partial charge in [-0.05, 0) is 13.0 Å². The molecule has 0 aliphatic carbocycles. The normalized spacial score (nSPS) is 10.3. The molecule has 0 fully saturated rings. The van der Waals surface area contributed by atoms with Crippen LogP contribution in [0.3, 0.4) is 0 Å². The molecule has 2 rings (SSSR count). The zero-order valence-corrected chi connectivity index (χ0v) is 8.90. The maximum atomic E-state index is 4.41. The third kappa shape index (κ3) is 1.76. The summed E-state index contributed by atoms with van der Waals surface area (Å²) < 4.78 is 0. The summed E-state index contributed by atoms with van der Waals surface area (Å²) in [6.07, 6.45) is 0. The van der Waals surface area contributed by atoms with Crippen LogP contribution in [0.25, 0.3) is 10.6 Å². The molecule has 0 unspecified atom stereocenters. The highest BCUT2D eigenvalue weighted by atomic mass is 32.1. The molecule has 1 aromatic carbocycles. The Morgan fingerprint density at radius 3 is 2.69 bits per heavy atom. The fourth-order valence-corrected chi connectivity index (χ4v) is 2.31. The summed E-state index contributed by atoms with van der Waals surface area (Å²) in [7, 11) is 0. The lowest BCUT2D eigenvalue weighted by atomic mass is 10.2. The minimum Gasteiger partial charge on any atom is -0.241 e. The highest BCUT2D eigenvalue weighted by Gasteiger charge is 2.04. The zero-order valence-electron chi connectivity index (χ0n) is 7.19. The standard InChI is InChI=1S/C10H9NS2/c1-7-6-13-10(11-7)8-4-2-3-5-9(8)12/h2-6,12H,1H3. The number of rotatable bonds is 1. The SMILES string of the molecule is Cc1csc(-c2ccccc2S)n1. The van der Waals surface area contributed by atoms with Crippen LogP contribution in [0, 0.1) is 6.92 Å². The molecule has 2 aromatic rings. The van der Waals surface area contributed by atoms with E-state index in [0.717, 1.165) is 21.2 Å². The van der Waals surface area contributed by atoms with Crippen LogP contribution in [0.5, 0.6) is 0 Å². The lowest BCUT2D eigenvalue weighted by Crippen LogP contribution is -1.78. The Morgan fingerprint density at radius 2 is 2.08 bits per heavy atom. The predicted molar refractivity (Wildman–Crippen MR) is 59.5 cm³/mol. The van der Waals surface area contributed by atoms with Crippen LogP contribution in [0.4, 0.5) is 0 Å². The van der Waals surface area contributed by atoms with E-state index in [4.69, 9.17) is 0 Å². The first-order valence-electron chi connectivity index (χ1n) is 3.98. The van der Waals surface area contributed by atoms with Gasteiger partial charge in [0, 0.05) is 21.5 Å². The maximum Gasteiger partial charge on any atom is 0.124 e. The molecule has 1 heterocycles. The molecule has 0 bridgehead atoms. The molecule has 0 N–H and O–H groups in total. The van der Waals surface area contributed by atoms with Crippen molar-refractivity contribution < 1.29 is 0 Å². The third-order valence-electron chi connectivity index (χ3n) is 1.75. The van der Waals surface area contributed by atoms with Crippen LogP contribution in [-0.4, -0.2) is 4.98 Å². The van der Waals surface area contributed by atoms with E-state index in [1.165, 1.54) is 0 Å². The first kappa shape index (κ1) is 8.78.